The second kappa shape index (κ2) is 9.75. The quantitative estimate of drug-likeness (QED) is 0.575. The van der Waals surface area contributed by atoms with E-state index in [-0.39, 0.29) is 5.97 Å². The Morgan fingerprint density at radius 1 is 1.45 bits per heavy atom. The minimum Gasteiger partial charge on any atom is -0.481 e. The number of nitrogens with zero attached hydrogens (tertiary/aromatic N) is 1. The Labute approximate surface area is 121 Å². The molecule has 0 spiro atoms. The van der Waals surface area contributed by atoms with Gasteiger partial charge in [-0.05, 0) is 32.6 Å². The van der Waals surface area contributed by atoms with E-state index >= 15 is 0 Å². The highest BCUT2D eigenvalue weighted by Gasteiger charge is 2.16. The minimum atomic E-state index is -0.489. The molecule has 1 aliphatic heterocycles. The van der Waals surface area contributed by atoms with E-state index in [1.165, 1.54) is 20.0 Å². The zero-order valence-corrected chi connectivity index (χ0v) is 12.8. The molecule has 1 aliphatic rings. The van der Waals surface area contributed by atoms with Crippen molar-refractivity contribution < 1.29 is 14.3 Å². The van der Waals surface area contributed by atoms with Gasteiger partial charge in [-0.2, -0.15) is 0 Å². The molecule has 5 heteroatoms. The number of unbranched alkanes of at least 4 members (excludes halogenated alkanes) is 1. The molecule has 20 heavy (non-hydrogen) atoms. The highest BCUT2D eigenvalue weighted by molar-refractivity contribution is 5.76. The van der Waals surface area contributed by atoms with Gasteiger partial charge in [0.15, 0.2) is 5.90 Å². The van der Waals surface area contributed by atoms with Gasteiger partial charge in [-0.15, -0.1) is 0 Å². The van der Waals surface area contributed by atoms with E-state index in [0.717, 1.165) is 38.0 Å². The topological polar surface area (TPSA) is 73.9 Å². The van der Waals surface area contributed by atoms with Gasteiger partial charge in [0.2, 0.25) is 0 Å². The van der Waals surface area contributed by atoms with Crippen LogP contribution in [-0.2, 0) is 14.3 Å². The molecule has 0 amide bonds. The standard InChI is InChI=1S/C15H28N2O3/c1-3-20-14-11-7-5-9-12(17-14)8-4-6-10-13(16)15(18)19-2/h12-13H,3-11,16H2,1-2H3/t12-,13-/m0/s1. The Balaban J connectivity index is 2.26. The molecule has 2 atom stereocenters. The molecule has 0 aromatic heterocycles. The van der Waals surface area contributed by atoms with Crippen molar-refractivity contribution in [3.8, 4) is 0 Å². The number of methoxy groups -OCH3 is 1. The van der Waals surface area contributed by atoms with Gasteiger partial charge < -0.3 is 15.2 Å². The van der Waals surface area contributed by atoms with Gasteiger partial charge in [-0.25, -0.2) is 0 Å². The van der Waals surface area contributed by atoms with Gasteiger partial charge in [0.05, 0.1) is 19.8 Å². The van der Waals surface area contributed by atoms with Crippen molar-refractivity contribution in [1.82, 2.24) is 0 Å². The van der Waals surface area contributed by atoms with Crippen molar-refractivity contribution in [3.05, 3.63) is 0 Å². The summed E-state index contributed by atoms with van der Waals surface area (Å²) in [5.41, 5.74) is 5.71. The van der Waals surface area contributed by atoms with E-state index in [9.17, 15) is 4.79 Å². The molecule has 0 bridgehead atoms. The van der Waals surface area contributed by atoms with E-state index in [0.29, 0.717) is 19.1 Å². The summed E-state index contributed by atoms with van der Waals surface area (Å²) in [5.74, 6) is 0.595. The smallest absolute Gasteiger partial charge is 0.322 e. The minimum absolute atomic E-state index is 0.323. The number of aliphatic imine (C=N–C) groups is 1. The number of esters is 1. The normalized spacial score (nSPS) is 20.8. The number of ether oxygens (including phenoxy) is 2. The molecule has 0 radical (unpaired) electrons. The fourth-order valence-corrected chi connectivity index (χ4v) is 2.49. The summed E-state index contributed by atoms with van der Waals surface area (Å²) in [6.07, 6.45) is 8.20. The van der Waals surface area contributed by atoms with Crippen molar-refractivity contribution in [2.24, 2.45) is 10.7 Å². The Hall–Kier alpha value is -1.10. The van der Waals surface area contributed by atoms with Crippen LogP contribution in [0.25, 0.3) is 0 Å². The monoisotopic (exact) mass is 284 g/mol. The average molecular weight is 284 g/mol. The van der Waals surface area contributed by atoms with Gasteiger partial charge >= 0.3 is 5.97 Å². The molecule has 5 nitrogen and oxygen atoms in total. The van der Waals surface area contributed by atoms with Gasteiger partial charge in [-0.1, -0.05) is 19.3 Å². The Kier molecular flexibility index (Phi) is 8.26. The predicted molar refractivity (Wildman–Crippen MR) is 79.8 cm³/mol. The summed E-state index contributed by atoms with van der Waals surface area (Å²) in [7, 11) is 1.37. The van der Waals surface area contributed by atoms with Crippen LogP contribution in [0.3, 0.4) is 0 Å². The van der Waals surface area contributed by atoms with Crippen molar-refractivity contribution in [2.75, 3.05) is 13.7 Å². The summed E-state index contributed by atoms with van der Waals surface area (Å²) < 4.78 is 10.2. The van der Waals surface area contributed by atoms with Crippen LogP contribution in [-0.4, -0.2) is 37.7 Å². The number of hydrogen-bond acceptors (Lipinski definition) is 5. The average Bonchev–Trinajstić information content (AvgIpc) is 2.68. The van der Waals surface area contributed by atoms with E-state index < -0.39 is 6.04 Å². The van der Waals surface area contributed by atoms with Crippen molar-refractivity contribution in [3.63, 3.8) is 0 Å². The van der Waals surface area contributed by atoms with Gasteiger partial charge in [0.1, 0.15) is 6.04 Å². The van der Waals surface area contributed by atoms with E-state index in [1.807, 2.05) is 6.92 Å². The molecule has 0 fully saturated rings. The third-order valence-corrected chi connectivity index (χ3v) is 3.62. The fourth-order valence-electron chi connectivity index (χ4n) is 2.49. The van der Waals surface area contributed by atoms with Gasteiger partial charge in [0.25, 0.3) is 0 Å². The lowest BCUT2D eigenvalue weighted by Gasteiger charge is -2.13. The Bertz CT molecular complexity index is 318. The molecular formula is C15H28N2O3. The van der Waals surface area contributed by atoms with E-state index in [2.05, 4.69) is 4.74 Å². The van der Waals surface area contributed by atoms with E-state index in [4.69, 9.17) is 15.5 Å². The van der Waals surface area contributed by atoms with Crippen LogP contribution in [0.1, 0.15) is 58.3 Å². The maximum absolute atomic E-state index is 11.2. The molecule has 0 aliphatic carbocycles. The lowest BCUT2D eigenvalue weighted by molar-refractivity contribution is -0.142. The van der Waals surface area contributed by atoms with Crippen LogP contribution in [0, 0.1) is 0 Å². The SMILES string of the molecule is CCOC1=N[C@@H](CCCC[C@H](N)C(=O)OC)CCCC1. The highest BCUT2D eigenvalue weighted by atomic mass is 16.5. The first-order chi connectivity index (χ1) is 9.67. The van der Waals surface area contributed by atoms with Crippen molar-refractivity contribution >= 4 is 11.9 Å². The molecule has 116 valence electrons. The molecular weight excluding hydrogens is 256 g/mol. The second-order valence-electron chi connectivity index (χ2n) is 5.27. The lowest BCUT2D eigenvalue weighted by atomic mass is 10.0. The van der Waals surface area contributed by atoms with Gasteiger partial charge in [0, 0.05) is 6.42 Å². The van der Waals surface area contributed by atoms with E-state index in [1.54, 1.807) is 0 Å². The second-order valence-corrected chi connectivity index (χ2v) is 5.27. The number of rotatable bonds is 7. The molecule has 0 aromatic carbocycles. The molecule has 0 saturated carbocycles. The zero-order valence-electron chi connectivity index (χ0n) is 12.8. The molecule has 1 heterocycles. The molecule has 1 rings (SSSR count). The predicted octanol–water partition coefficient (Wildman–Crippen LogP) is 2.42. The number of nitrogens with two attached hydrogens (primary N) is 1. The van der Waals surface area contributed by atoms with Crippen LogP contribution >= 0.6 is 0 Å². The van der Waals surface area contributed by atoms with Crippen LogP contribution in [0.4, 0.5) is 0 Å². The Morgan fingerprint density at radius 2 is 2.25 bits per heavy atom. The van der Waals surface area contributed by atoms with Crippen LogP contribution < -0.4 is 5.73 Å². The molecule has 0 aromatic rings. The summed E-state index contributed by atoms with van der Waals surface area (Å²) in [6, 6.07) is -0.120. The third kappa shape index (κ3) is 6.37. The zero-order chi connectivity index (χ0) is 14.8. The summed E-state index contributed by atoms with van der Waals surface area (Å²) in [5, 5.41) is 0. The largest absolute Gasteiger partial charge is 0.481 e. The molecule has 2 N–H and O–H groups in total. The maximum Gasteiger partial charge on any atom is 0.322 e. The van der Waals surface area contributed by atoms with Crippen LogP contribution in [0.15, 0.2) is 4.99 Å². The lowest BCUT2D eigenvalue weighted by Crippen LogP contribution is -2.31. The summed E-state index contributed by atoms with van der Waals surface area (Å²) in [6.45, 7) is 2.69. The first-order valence-corrected chi connectivity index (χ1v) is 7.70. The van der Waals surface area contributed by atoms with Gasteiger partial charge in [-0.3, -0.25) is 9.79 Å². The maximum atomic E-state index is 11.2. The summed E-state index contributed by atoms with van der Waals surface area (Å²) >= 11 is 0. The molecule has 0 saturated heterocycles. The van der Waals surface area contributed by atoms with Crippen LogP contribution in [0.2, 0.25) is 0 Å². The summed E-state index contributed by atoms with van der Waals surface area (Å²) in [4.78, 5) is 15.9. The fraction of sp³-hybridized carbons (Fsp3) is 0.867. The number of hydrogen-bond donors (Lipinski definition) is 1. The molecule has 0 unspecified atom stereocenters. The van der Waals surface area contributed by atoms with Crippen molar-refractivity contribution in [1.29, 1.82) is 0 Å². The van der Waals surface area contributed by atoms with Crippen LogP contribution in [0.5, 0.6) is 0 Å². The number of carbonyl (C=O) groups excluding carboxylic acids is 1. The third-order valence-electron chi connectivity index (χ3n) is 3.62. The van der Waals surface area contributed by atoms with Crippen molar-refractivity contribution in [2.45, 2.75) is 70.4 Å². The highest BCUT2D eigenvalue weighted by Crippen LogP contribution is 2.19. The number of carbonyl (C=O) groups is 1. The first-order valence-electron chi connectivity index (χ1n) is 7.70. The first kappa shape index (κ1) is 17.0. The Morgan fingerprint density at radius 3 is 2.95 bits per heavy atom.